The standard InChI is InChI=1S/C19H20F3N3O3S/c20-15-2-4-18(5-3-15)29(27,28)25-7-1-6-24(8-9-25)19(26)23-13-14-10-16(21)12-17(22)11-14/h2-5,10-12H,1,6-9,13H2,(H,23,26). The van der Waals surface area contributed by atoms with Gasteiger partial charge in [-0.2, -0.15) is 4.31 Å². The van der Waals surface area contributed by atoms with Gasteiger partial charge in [-0.05, 0) is 48.4 Å². The number of urea groups is 1. The van der Waals surface area contributed by atoms with Gasteiger partial charge in [-0.1, -0.05) is 0 Å². The van der Waals surface area contributed by atoms with Gasteiger partial charge >= 0.3 is 6.03 Å². The summed E-state index contributed by atoms with van der Waals surface area (Å²) in [6.45, 7) is 0.741. The number of halogens is 3. The second kappa shape index (κ2) is 8.83. The second-order valence-electron chi connectivity index (χ2n) is 6.64. The predicted octanol–water partition coefficient (Wildman–Crippen LogP) is 2.71. The minimum Gasteiger partial charge on any atom is -0.334 e. The average molecular weight is 427 g/mol. The first kappa shape index (κ1) is 21.1. The van der Waals surface area contributed by atoms with E-state index in [0.29, 0.717) is 13.0 Å². The summed E-state index contributed by atoms with van der Waals surface area (Å²) < 4.78 is 66.2. The fourth-order valence-electron chi connectivity index (χ4n) is 3.10. The van der Waals surface area contributed by atoms with Crippen molar-refractivity contribution in [2.75, 3.05) is 26.2 Å². The van der Waals surface area contributed by atoms with E-state index < -0.39 is 33.5 Å². The van der Waals surface area contributed by atoms with Gasteiger partial charge in [0.2, 0.25) is 10.0 Å². The van der Waals surface area contributed by atoms with Crippen molar-refractivity contribution in [2.24, 2.45) is 0 Å². The number of amides is 2. The summed E-state index contributed by atoms with van der Waals surface area (Å²) in [6, 6.07) is 7.13. The van der Waals surface area contributed by atoms with E-state index in [2.05, 4.69) is 5.32 Å². The molecular weight excluding hydrogens is 407 g/mol. The summed E-state index contributed by atoms with van der Waals surface area (Å²) >= 11 is 0. The Kier molecular flexibility index (Phi) is 6.43. The van der Waals surface area contributed by atoms with Crippen LogP contribution in [0.1, 0.15) is 12.0 Å². The van der Waals surface area contributed by atoms with Crippen LogP contribution < -0.4 is 5.32 Å². The Balaban J connectivity index is 1.60. The van der Waals surface area contributed by atoms with Crippen LogP contribution in [0.2, 0.25) is 0 Å². The summed E-state index contributed by atoms with van der Waals surface area (Å²) in [5.41, 5.74) is 0.284. The molecule has 1 heterocycles. The molecule has 0 spiro atoms. The lowest BCUT2D eigenvalue weighted by Crippen LogP contribution is -2.42. The number of hydrogen-bond acceptors (Lipinski definition) is 3. The molecule has 0 atom stereocenters. The lowest BCUT2D eigenvalue weighted by atomic mass is 10.2. The molecule has 0 radical (unpaired) electrons. The summed E-state index contributed by atoms with van der Waals surface area (Å²) in [5.74, 6) is -1.99. The van der Waals surface area contributed by atoms with Crippen molar-refractivity contribution < 1.29 is 26.4 Å². The van der Waals surface area contributed by atoms with Crippen molar-refractivity contribution in [3.63, 3.8) is 0 Å². The van der Waals surface area contributed by atoms with Crippen molar-refractivity contribution in [1.82, 2.24) is 14.5 Å². The van der Waals surface area contributed by atoms with E-state index in [1.165, 1.54) is 21.3 Å². The summed E-state index contributed by atoms with van der Waals surface area (Å²) in [6.07, 6.45) is 0.419. The lowest BCUT2D eigenvalue weighted by Gasteiger charge is -2.22. The molecule has 3 rings (SSSR count). The SMILES string of the molecule is O=C(NCc1cc(F)cc(F)c1)N1CCCN(S(=O)(=O)c2ccc(F)cc2)CC1. The van der Waals surface area contributed by atoms with E-state index >= 15 is 0 Å². The van der Waals surface area contributed by atoms with Gasteiger partial charge in [-0.3, -0.25) is 0 Å². The van der Waals surface area contributed by atoms with Gasteiger partial charge in [0.25, 0.3) is 0 Å². The van der Waals surface area contributed by atoms with Crippen molar-refractivity contribution in [2.45, 2.75) is 17.9 Å². The van der Waals surface area contributed by atoms with E-state index in [1.54, 1.807) is 0 Å². The monoisotopic (exact) mass is 427 g/mol. The number of nitrogens with one attached hydrogen (secondary N) is 1. The molecule has 1 aliphatic rings. The first-order chi connectivity index (χ1) is 13.8. The lowest BCUT2D eigenvalue weighted by molar-refractivity contribution is 0.200. The van der Waals surface area contributed by atoms with E-state index in [9.17, 15) is 26.4 Å². The number of hydrogen-bond donors (Lipinski definition) is 1. The molecule has 29 heavy (non-hydrogen) atoms. The van der Waals surface area contributed by atoms with E-state index in [-0.39, 0.29) is 36.6 Å². The van der Waals surface area contributed by atoms with Gasteiger partial charge in [-0.25, -0.2) is 26.4 Å². The Morgan fingerprint density at radius 1 is 0.897 bits per heavy atom. The minimum absolute atomic E-state index is 0.00932. The quantitative estimate of drug-likeness (QED) is 0.816. The van der Waals surface area contributed by atoms with E-state index in [0.717, 1.165) is 30.3 Å². The van der Waals surface area contributed by atoms with Crippen molar-refractivity contribution >= 4 is 16.1 Å². The first-order valence-corrected chi connectivity index (χ1v) is 10.4. The summed E-state index contributed by atoms with van der Waals surface area (Å²) in [7, 11) is -3.79. The predicted molar refractivity (Wildman–Crippen MR) is 99.9 cm³/mol. The Labute approximate surface area is 167 Å². The van der Waals surface area contributed by atoms with Crippen LogP contribution in [0.4, 0.5) is 18.0 Å². The molecule has 2 amide bonds. The van der Waals surface area contributed by atoms with Gasteiger partial charge in [0.05, 0.1) is 4.90 Å². The first-order valence-electron chi connectivity index (χ1n) is 8.99. The van der Waals surface area contributed by atoms with Crippen LogP contribution in [-0.4, -0.2) is 49.8 Å². The number of carbonyl (C=O) groups is 1. The maximum absolute atomic E-state index is 13.2. The maximum atomic E-state index is 13.2. The van der Waals surface area contributed by atoms with Crippen LogP contribution in [0.3, 0.4) is 0 Å². The van der Waals surface area contributed by atoms with Crippen molar-refractivity contribution in [3.05, 3.63) is 65.5 Å². The average Bonchev–Trinajstić information content (AvgIpc) is 2.92. The Morgan fingerprint density at radius 3 is 2.21 bits per heavy atom. The highest BCUT2D eigenvalue weighted by Crippen LogP contribution is 2.18. The zero-order chi connectivity index (χ0) is 21.0. The highest BCUT2D eigenvalue weighted by molar-refractivity contribution is 7.89. The third kappa shape index (κ3) is 5.27. The molecular formula is C19H20F3N3O3S. The molecule has 0 saturated carbocycles. The second-order valence-corrected chi connectivity index (χ2v) is 8.57. The molecule has 1 N–H and O–H groups in total. The Bertz CT molecular complexity index is 964. The van der Waals surface area contributed by atoms with E-state index in [4.69, 9.17) is 0 Å². The molecule has 2 aromatic carbocycles. The third-order valence-corrected chi connectivity index (χ3v) is 6.47. The number of benzene rings is 2. The molecule has 156 valence electrons. The molecule has 0 bridgehead atoms. The van der Waals surface area contributed by atoms with Crippen LogP contribution in [0.25, 0.3) is 0 Å². The van der Waals surface area contributed by atoms with Crippen molar-refractivity contribution in [1.29, 1.82) is 0 Å². The normalized spacial score (nSPS) is 15.8. The molecule has 0 aliphatic carbocycles. The molecule has 1 fully saturated rings. The molecule has 2 aromatic rings. The van der Waals surface area contributed by atoms with Gasteiger partial charge in [0.15, 0.2) is 0 Å². The zero-order valence-electron chi connectivity index (χ0n) is 15.4. The molecule has 1 aliphatic heterocycles. The summed E-state index contributed by atoms with van der Waals surface area (Å²) in [4.78, 5) is 13.8. The number of rotatable bonds is 4. The minimum atomic E-state index is -3.79. The molecule has 0 aromatic heterocycles. The maximum Gasteiger partial charge on any atom is 0.317 e. The van der Waals surface area contributed by atoms with Crippen LogP contribution in [0.15, 0.2) is 47.4 Å². The van der Waals surface area contributed by atoms with Gasteiger partial charge < -0.3 is 10.2 Å². The largest absolute Gasteiger partial charge is 0.334 e. The van der Waals surface area contributed by atoms with Crippen LogP contribution in [0, 0.1) is 17.5 Å². The fraction of sp³-hybridized carbons (Fsp3) is 0.316. The molecule has 6 nitrogen and oxygen atoms in total. The van der Waals surface area contributed by atoms with Gasteiger partial charge in [0.1, 0.15) is 17.5 Å². The molecule has 0 unspecified atom stereocenters. The molecule has 10 heteroatoms. The zero-order valence-corrected chi connectivity index (χ0v) is 16.3. The number of sulfonamides is 1. The molecule has 1 saturated heterocycles. The Hall–Kier alpha value is -2.59. The Morgan fingerprint density at radius 2 is 1.55 bits per heavy atom. The third-order valence-electron chi connectivity index (χ3n) is 4.56. The highest BCUT2D eigenvalue weighted by Gasteiger charge is 2.28. The highest BCUT2D eigenvalue weighted by atomic mass is 32.2. The summed E-state index contributed by atoms with van der Waals surface area (Å²) in [5, 5.41) is 2.59. The van der Waals surface area contributed by atoms with Crippen LogP contribution >= 0.6 is 0 Å². The number of nitrogens with zero attached hydrogens (tertiary/aromatic N) is 2. The van der Waals surface area contributed by atoms with Gasteiger partial charge in [-0.15, -0.1) is 0 Å². The van der Waals surface area contributed by atoms with E-state index in [1.807, 2.05) is 0 Å². The van der Waals surface area contributed by atoms with Crippen LogP contribution in [0.5, 0.6) is 0 Å². The fourth-order valence-corrected chi connectivity index (χ4v) is 4.56. The number of carbonyl (C=O) groups excluding carboxylic acids is 1. The smallest absolute Gasteiger partial charge is 0.317 e. The van der Waals surface area contributed by atoms with Crippen molar-refractivity contribution in [3.8, 4) is 0 Å². The van der Waals surface area contributed by atoms with Gasteiger partial charge in [0, 0.05) is 38.8 Å². The van der Waals surface area contributed by atoms with Crippen LogP contribution in [-0.2, 0) is 16.6 Å². The topological polar surface area (TPSA) is 69.7 Å².